The Kier molecular flexibility index (Phi) is 4.67. The number of nitriles is 1. The fraction of sp³-hybridized carbons (Fsp3) is 0.438. The molecule has 0 saturated heterocycles. The van der Waals surface area contributed by atoms with E-state index in [9.17, 15) is 14.9 Å². The Morgan fingerprint density at radius 2 is 1.70 bits per heavy atom. The summed E-state index contributed by atoms with van der Waals surface area (Å²) in [5, 5.41) is 11.6. The van der Waals surface area contributed by atoms with Gasteiger partial charge in [0.25, 0.3) is 5.91 Å². The van der Waals surface area contributed by atoms with Gasteiger partial charge in [0.1, 0.15) is 0 Å². The molecular weight excluding hydrogens is 252 g/mol. The van der Waals surface area contributed by atoms with Crippen LogP contribution in [0.1, 0.15) is 44.5 Å². The van der Waals surface area contributed by atoms with Crippen molar-refractivity contribution >= 4 is 11.8 Å². The molecule has 0 fully saturated rings. The van der Waals surface area contributed by atoms with Gasteiger partial charge in [-0.05, 0) is 24.5 Å². The second kappa shape index (κ2) is 5.87. The highest BCUT2D eigenvalue weighted by Gasteiger charge is 2.39. The van der Waals surface area contributed by atoms with E-state index in [-0.39, 0.29) is 11.8 Å². The van der Waals surface area contributed by atoms with Crippen LogP contribution in [-0.2, 0) is 4.79 Å². The van der Waals surface area contributed by atoms with E-state index in [2.05, 4.69) is 11.4 Å². The Labute approximate surface area is 119 Å². The molecule has 1 aromatic rings. The van der Waals surface area contributed by atoms with Crippen molar-refractivity contribution in [3.8, 4) is 6.07 Å². The lowest BCUT2D eigenvalue weighted by Gasteiger charge is -2.35. The maximum Gasteiger partial charge on any atom is 0.257 e. The van der Waals surface area contributed by atoms with Gasteiger partial charge in [-0.2, -0.15) is 5.26 Å². The molecule has 1 aromatic carbocycles. The predicted molar refractivity (Wildman–Crippen MR) is 76.7 cm³/mol. The number of benzene rings is 1. The van der Waals surface area contributed by atoms with Crippen molar-refractivity contribution in [1.29, 1.82) is 5.26 Å². The first-order valence-corrected chi connectivity index (χ1v) is 6.50. The summed E-state index contributed by atoms with van der Waals surface area (Å²) in [6.07, 6.45) is -0.00836. The smallest absolute Gasteiger partial charge is 0.257 e. The fourth-order valence-corrected chi connectivity index (χ4v) is 1.63. The van der Waals surface area contributed by atoms with Gasteiger partial charge >= 0.3 is 0 Å². The third-order valence-electron chi connectivity index (χ3n) is 3.71. The van der Waals surface area contributed by atoms with E-state index >= 15 is 0 Å². The van der Waals surface area contributed by atoms with Crippen LogP contribution in [0.3, 0.4) is 0 Å². The molecule has 4 nitrogen and oxygen atoms in total. The number of carbonyl (C=O) groups excluding carboxylic acids is 2. The van der Waals surface area contributed by atoms with Gasteiger partial charge in [-0.15, -0.1) is 0 Å². The van der Waals surface area contributed by atoms with Crippen molar-refractivity contribution in [3.05, 3.63) is 35.9 Å². The summed E-state index contributed by atoms with van der Waals surface area (Å²) in [7, 11) is 0. The van der Waals surface area contributed by atoms with Crippen molar-refractivity contribution in [2.24, 2.45) is 10.8 Å². The molecule has 0 saturated carbocycles. The number of imide groups is 1. The van der Waals surface area contributed by atoms with Crippen molar-refractivity contribution in [1.82, 2.24) is 5.32 Å². The number of hydrogen-bond acceptors (Lipinski definition) is 3. The Morgan fingerprint density at radius 3 is 2.15 bits per heavy atom. The van der Waals surface area contributed by atoms with Crippen LogP contribution in [0.25, 0.3) is 0 Å². The molecule has 1 unspecified atom stereocenters. The van der Waals surface area contributed by atoms with E-state index in [4.69, 9.17) is 0 Å². The van der Waals surface area contributed by atoms with Crippen LogP contribution in [0, 0.1) is 22.2 Å². The van der Waals surface area contributed by atoms with Crippen molar-refractivity contribution in [3.63, 3.8) is 0 Å². The van der Waals surface area contributed by atoms with Gasteiger partial charge in [0.15, 0.2) is 0 Å². The van der Waals surface area contributed by atoms with Gasteiger partial charge in [-0.1, -0.05) is 39.0 Å². The quantitative estimate of drug-likeness (QED) is 0.919. The molecule has 0 aliphatic rings. The third kappa shape index (κ3) is 3.67. The Morgan fingerprint density at radius 1 is 1.15 bits per heavy atom. The first kappa shape index (κ1) is 15.9. The molecule has 4 heteroatoms. The maximum atomic E-state index is 12.0. The number of rotatable bonds is 3. The minimum Gasteiger partial charge on any atom is -0.292 e. The Balaban J connectivity index is 2.74. The lowest BCUT2D eigenvalue weighted by Crippen LogP contribution is -2.39. The first-order valence-electron chi connectivity index (χ1n) is 6.50. The standard InChI is InChI=1S/C16H20N2O2/c1-15(2,3)16(4,11-17)10-13(19)18-14(20)12-8-6-5-7-9-12/h5-9H,10H2,1-4H3,(H,18,19,20). The summed E-state index contributed by atoms with van der Waals surface area (Å²) < 4.78 is 0. The first-order chi connectivity index (χ1) is 9.19. The molecule has 1 rings (SSSR count). The number of carbonyl (C=O) groups is 2. The Hall–Kier alpha value is -2.15. The molecule has 0 aromatic heterocycles. The average molecular weight is 272 g/mol. The predicted octanol–water partition coefficient (Wildman–Crippen LogP) is 2.91. The minimum atomic E-state index is -0.825. The zero-order valence-corrected chi connectivity index (χ0v) is 12.4. The summed E-state index contributed by atoms with van der Waals surface area (Å²) >= 11 is 0. The van der Waals surface area contributed by atoms with Crippen molar-refractivity contribution in [2.75, 3.05) is 0 Å². The van der Waals surface area contributed by atoms with Gasteiger partial charge in [0.2, 0.25) is 5.91 Å². The summed E-state index contributed by atoms with van der Waals surface area (Å²) in [6, 6.07) is 10.7. The molecule has 0 heterocycles. The SMILES string of the molecule is CC(C)(C)C(C)(C#N)CC(=O)NC(=O)c1ccccc1. The molecule has 2 amide bonds. The molecule has 106 valence electrons. The molecule has 0 aliphatic heterocycles. The van der Waals surface area contributed by atoms with E-state index in [0.29, 0.717) is 5.56 Å². The summed E-state index contributed by atoms with van der Waals surface area (Å²) in [5.41, 5.74) is -0.751. The normalized spacial score (nSPS) is 13.9. The fourth-order valence-electron chi connectivity index (χ4n) is 1.63. The summed E-state index contributed by atoms with van der Waals surface area (Å²) in [5.74, 6) is -0.873. The molecule has 0 radical (unpaired) electrons. The third-order valence-corrected chi connectivity index (χ3v) is 3.71. The zero-order valence-electron chi connectivity index (χ0n) is 12.4. The van der Waals surface area contributed by atoms with Gasteiger partial charge in [0.05, 0.1) is 11.5 Å². The number of nitrogens with one attached hydrogen (secondary N) is 1. The van der Waals surface area contributed by atoms with Gasteiger partial charge < -0.3 is 0 Å². The van der Waals surface area contributed by atoms with Gasteiger partial charge in [0, 0.05) is 12.0 Å². The highest BCUT2D eigenvalue weighted by molar-refractivity contribution is 6.04. The van der Waals surface area contributed by atoms with Crippen LogP contribution in [0.15, 0.2) is 30.3 Å². The average Bonchev–Trinajstić information content (AvgIpc) is 2.38. The largest absolute Gasteiger partial charge is 0.292 e. The number of amides is 2. The Bertz CT molecular complexity index is 538. The molecule has 20 heavy (non-hydrogen) atoms. The molecule has 0 spiro atoms. The molecular formula is C16H20N2O2. The summed E-state index contributed by atoms with van der Waals surface area (Å²) in [4.78, 5) is 23.8. The van der Waals surface area contributed by atoms with Gasteiger partial charge in [-0.3, -0.25) is 14.9 Å². The zero-order chi connectivity index (χ0) is 15.4. The topological polar surface area (TPSA) is 70.0 Å². The highest BCUT2D eigenvalue weighted by Crippen LogP contribution is 2.40. The lowest BCUT2D eigenvalue weighted by atomic mass is 9.67. The molecule has 0 bridgehead atoms. The van der Waals surface area contributed by atoms with E-state index in [1.807, 2.05) is 20.8 Å². The van der Waals surface area contributed by atoms with E-state index in [1.165, 1.54) is 0 Å². The van der Waals surface area contributed by atoms with Crippen LogP contribution in [0.5, 0.6) is 0 Å². The number of nitrogens with zero attached hydrogens (tertiary/aromatic N) is 1. The van der Waals surface area contributed by atoms with E-state index in [0.717, 1.165) is 0 Å². The minimum absolute atomic E-state index is 0.00836. The second-order valence-electron chi connectivity index (χ2n) is 6.11. The summed E-state index contributed by atoms with van der Waals surface area (Å²) in [6.45, 7) is 7.45. The molecule has 1 atom stereocenters. The number of hydrogen-bond donors (Lipinski definition) is 1. The maximum absolute atomic E-state index is 12.0. The van der Waals surface area contributed by atoms with Crippen LogP contribution < -0.4 is 5.32 Å². The van der Waals surface area contributed by atoms with Crippen LogP contribution >= 0.6 is 0 Å². The molecule has 0 aliphatic carbocycles. The van der Waals surface area contributed by atoms with Crippen molar-refractivity contribution < 1.29 is 9.59 Å². The highest BCUT2D eigenvalue weighted by atomic mass is 16.2. The lowest BCUT2D eigenvalue weighted by molar-refractivity contribution is -0.122. The van der Waals surface area contributed by atoms with E-state index in [1.54, 1.807) is 37.3 Å². The van der Waals surface area contributed by atoms with Gasteiger partial charge in [-0.25, -0.2) is 0 Å². The molecule has 1 N–H and O–H groups in total. The van der Waals surface area contributed by atoms with E-state index < -0.39 is 17.2 Å². The van der Waals surface area contributed by atoms with Crippen LogP contribution in [0.4, 0.5) is 0 Å². The monoisotopic (exact) mass is 272 g/mol. The second-order valence-corrected chi connectivity index (χ2v) is 6.11. The van der Waals surface area contributed by atoms with Crippen molar-refractivity contribution in [2.45, 2.75) is 34.1 Å². The van der Waals surface area contributed by atoms with Crippen LogP contribution in [-0.4, -0.2) is 11.8 Å². The van der Waals surface area contributed by atoms with Crippen LogP contribution in [0.2, 0.25) is 0 Å².